The number of ether oxygens (including phenoxy) is 1. The van der Waals surface area contributed by atoms with E-state index in [-0.39, 0.29) is 23.6 Å². The Morgan fingerprint density at radius 2 is 1.88 bits per heavy atom. The lowest BCUT2D eigenvalue weighted by Crippen LogP contribution is -2.34. The molecule has 1 rings (SSSR count). The maximum absolute atomic E-state index is 9.75. The summed E-state index contributed by atoms with van der Waals surface area (Å²) >= 11 is 0. The second-order valence-electron chi connectivity index (χ2n) is 4.16. The summed E-state index contributed by atoms with van der Waals surface area (Å²) in [6.45, 7) is 4.58. The number of nitrogens with one attached hydrogen (secondary N) is 1. The minimum atomic E-state index is -0.128. The fourth-order valence-electron chi connectivity index (χ4n) is 1.91. The zero-order chi connectivity index (χ0) is 12.8. The topological polar surface area (TPSA) is 61.7 Å². The molecule has 1 aromatic carbocycles. The monoisotopic (exact) mass is 239 g/mol. The van der Waals surface area contributed by atoms with Crippen LogP contribution in [0.4, 0.5) is 0 Å². The fourth-order valence-corrected chi connectivity index (χ4v) is 1.91. The van der Waals surface area contributed by atoms with Crippen LogP contribution < -0.4 is 5.32 Å². The van der Waals surface area contributed by atoms with Crippen LogP contribution in [0.2, 0.25) is 0 Å². The number of hydrogen-bond donors (Lipinski definition) is 3. The van der Waals surface area contributed by atoms with Gasteiger partial charge in [0.15, 0.2) is 0 Å². The van der Waals surface area contributed by atoms with E-state index >= 15 is 0 Å². The summed E-state index contributed by atoms with van der Waals surface area (Å²) in [4.78, 5) is 0. The largest absolute Gasteiger partial charge is 0.507 e. The van der Waals surface area contributed by atoms with Crippen LogP contribution >= 0.6 is 0 Å². The van der Waals surface area contributed by atoms with Gasteiger partial charge < -0.3 is 20.3 Å². The summed E-state index contributed by atoms with van der Waals surface area (Å²) in [6.07, 6.45) is 0.923. The van der Waals surface area contributed by atoms with Crippen molar-refractivity contribution in [2.24, 2.45) is 0 Å². The molecule has 0 saturated heterocycles. The number of phenolic OH excluding ortho intramolecular Hbond substituents is 2. The first-order valence-corrected chi connectivity index (χ1v) is 5.86. The molecule has 17 heavy (non-hydrogen) atoms. The molecule has 0 spiro atoms. The van der Waals surface area contributed by atoms with Crippen LogP contribution in [-0.4, -0.2) is 30.0 Å². The third-order valence-electron chi connectivity index (χ3n) is 2.84. The average molecular weight is 239 g/mol. The molecule has 4 nitrogen and oxygen atoms in total. The molecule has 1 aromatic rings. The van der Waals surface area contributed by atoms with Gasteiger partial charge in [0.05, 0.1) is 12.2 Å². The normalized spacial score (nSPS) is 14.5. The lowest BCUT2D eigenvalue weighted by molar-refractivity contribution is 0.159. The first-order chi connectivity index (χ1) is 8.10. The van der Waals surface area contributed by atoms with Crippen LogP contribution in [0.3, 0.4) is 0 Å². The molecule has 4 heteroatoms. The van der Waals surface area contributed by atoms with Crippen molar-refractivity contribution < 1.29 is 14.9 Å². The summed E-state index contributed by atoms with van der Waals surface area (Å²) in [5, 5.41) is 22.8. The van der Waals surface area contributed by atoms with Crippen molar-refractivity contribution in [3.63, 3.8) is 0 Å². The maximum Gasteiger partial charge on any atom is 0.124 e. The third-order valence-corrected chi connectivity index (χ3v) is 2.84. The molecule has 0 saturated carbocycles. The highest BCUT2D eigenvalue weighted by Crippen LogP contribution is 2.32. The van der Waals surface area contributed by atoms with Crippen molar-refractivity contribution in [2.45, 2.75) is 32.4 Å². The Kier molecular flexibility index (Phi) is 5.25. The van der Waals surface area contributed by atoms with Crippen molar-refractivity contribution >= 4 is 0 Å². The summed E-state index contributed by atoms with van der Waals surface area (Å²) < 4.78 is 5.10. The zero-order valence-electron chi connectivity index (χ0n) is 10.6. The molecule has 0 radical (unpaired) electrons. The summed E-state index contributed by atoms with van der Waals surface area (Å²) in [7, 11) is 1.66. The molecule has 0 heterocycles. The number of benzene rings is 1. The Morgan fingerprint density at radius 1 is 1.29 bits per heavy atom. The first kappa shape index (κ1) is 13.8. The highest BCUT2D eigenvalue weighted by atomic mass is 16.5. The number of phenols is 2. The number of hydrogen-bond acceptors (Lipinski definition) is 4. The Labute approximate surface area is 102 Å². The minimum absolute atomic E-state index is 0.109. The standard InChI is InChI=1S/C13H21NO3/c1-4-10(8-17-3)14-9(2)13-11(15)6-5-7-12(13)16/h5-7,9-10,14-16H,4,8H2,1-3H3. The summed E-state index contributed by atoms with van der Waals surface area (Å²) in [5.74, 6) is 0.217. The van der Waals surface area contributed by atoms with Gasteiger partial charge in [-0.1, -0.05) is 13.0 Å². The van der Waals surface area contributed by atoms with Crippen molar-refractivity contribution in [3.8, 4) is 11.5 Å². The summed E-state index contributed by atoms with van der Waals surface area (Å²) in [5.41, 5.74) is 0.530. The van der Waals surface area contributed by atoms with Gasteiger partial charge >= 0.3 is 0 Å². The Hall–Kier alpha value is -1.26. The molecular weight excluding hydrogens is 218 g/mol. The van der Waals surface area contributed by atoms with E-state index in [1.54, 1.807) is 25.3 Å². The van der Waals surface area contributed by atoms with E-state index in [1.165, 1.54) is 0 Å². The van der Waals surface area contributed by atoms with Gasteiger partial charge in [-0.2, -0.15) is 0 Å². The smallest absolute Gasteiger partial charge is 0.124 e. The molecule has 2 unspecified atom stereocenters. The van der Waals surface area contributed by atoms with Crippen LogP contribution in [0.25, 0.3) is 0 Å². The lowest BCUT2D eigenvalue weighted by Gasteiger charge is -2.23. The van der Waals surface area contributed by atoms with Crippen molar-refractivity contribution in [1.82, 2.24) is 5.32 Å². The molecular formula is C13H21NO3. The number of methoxy groups -OCH3 is 1. The average Bonchev–Trinajstić information content (AvgIpc) is 2.28. The first-order valence-electron chi connectivity index (χ1n) is 5.86. The van der Waals surface area contributed by atoms with Gasteiger partial charge in [-0.05, 0) is 25.5 Å². The van der Waals surface area contributed by atoms with E-state index in [2.05, 4.69) is 12.2 Å². The van der Waals surface area contributed by atoms with Crippen LogP contribution in [-0.2, 0) is 4.74 Å². The van der Waals surface area contributed by atoms with Crippen LogP contribution in [0.5, 0.6) is 11.5 Å². The number of aromatic hydroxyl groups is 2. The van der Waals surface area contributed by atoms with Gasteiger partial charge in [0.25, 0.3) is 0 Å². The van der Waals surface area contributed by atoms with Crippen LogP contribution in [0.15, 0.2) is 18.2 Å². The predicted molar refractivity (Wildman–Crippen MR) is 67.3 cm³/mol. The van der Waals surface area contributed by atoms with Gasteiger partial charge in [0, 0.05) is 19.2 Å². The quantitative estimate of drug-likeness (QED) is 0.712. The van der Waals surface area contributed by atoms with Crippen molar-refractivity contribution in [2.75, 3.05) is 13.7 Å². The van der Waals surface area contributed by atoms with Gasteiger partial charge in [-0.15, -0.1) is 0 Å². The van der Waals surface area contributed by atoms with Gasteiger partial charge in [-0.3, -0.25) is 0 Å². The zero-order valence-corrected chi connectivity index (χ0v) is 10.6. The van der Waals surface area contributed by atoms with Crippen LogP contribution in [0, 0.1) is 0 Å². The Bertz CT molecular complexity index is 334. The van der Waals surface area contributed by atoms with Crippen LogP contribution in [0.1, 0.15) is 31.9 Å². The molecule has 3 N–H and O–H groups in total. The summed E-state index contributed by atoms with van der Waals surface area (Å²) in [6, 6.07) is 4.84. The van der Waals surface area contributed by atoms with Gasteiger partial charge in [-0.25, -0.2) is 0 Å². The molecule has 96 valence electrons. The molecule has 0 fully saturated rings. The minimum Gasteiger partial charge on any atom is -0.507 e. The molecule has 0 aliphatic carbocycles. The maximum atomic E-state index is 9.75. The predicted octanol–water partition coefficient (Wildman–Crippen LogP) is 2.17. The van der Waals surface area contributed by atoms with E-state index < -0.39 is 0 Å². The SMILES string of the molecule is CCC(COC)NC(C)c1c(O)cccc1O. The van der Waals surface area contributed by atoms with E-state index in [0.717, 1.165) is 6.42 Å². The molecule has 2 atom stereocenters. The number of rotatable bonds is 6. The highest BCUT2D eigenvalue weighted by Gasteiger charge is 2.17. The van der Waals surface area contributed by atoms with E-state index in [0.29, 0.717) is 12.2 Å². The molecule has 0 aliphatic rings. The lowest BCUT2D eigenvalue weighted by atomic mass is 10.0. The second-order valence-corrected chi connectivity index (χ2v) is 4.16. The molecule has 0 aromatic heterocycles. The van der Waals surface area contributed by atoms with Crippen molar-refractivity contribution in [1.29, 1.82) is 0 Å². The highest BCUT2D eigenvalue weighted by molar-refractivity contribution is 5.44. The van der Waals surface area contributed by atoms with E-state index in [1.807, 2.05) is 6.92 Å². The molecule has 0 amide bonds. The Balaban J connectivity index is 2.78. The third kappa shape index (κ3) is 3.61. The Morgan fingerprint density at radius 3 is 2.35 bits per heavy atom. The van der Waals surface area contributed by atoms with Gasteiger partial charge in [0.1, 0.15) is 11.5 Å². The molecule has 0 bridgehead atoms. The fraction of sp³-hybridized carbons (Fsp3) is 0.538. The second kappa shape index (κ2) is 6.47. The molecule has 0 aliphatic heterocycles. The van der Waals surface area contributed by atoms with E-state index in [9.17, 15) is 10.2 Å². The van der Waals surface area contributed by atoms with Gasteiger partial charge in [0.2, 0.25) is 0 Å². The van der Waals surface area contributed by atoms with Crippen molar-refractivity contribution in [3.05, 3.63) is 23.8 Å². The van der Waals surface area contributed by atoms with E-state index in [4.69, 9.17) is 4.74 Å².